The third-order valence-electron chi connectivity index (χ3n) is 2.11. The van der Waals surface area contributed by atoms with Crippen LogP contribution in [-0.4, -0.2) is 26.4 Å². The smallest absolute Gasteiger partial charge is 0.157 e. The van der Waals surface area contributed by atoms with E-state index < -0.39 is 0 Å². The summed E-state index contributed by atoms with van der Waals surface area (Å²) in [6.07, 6.45) is 3.70. The van der Waals surface area contributed by atoms with Gasteiger partial charge in [-0.2, -0.15) is 5.10 Å². The van der Waals surface area contributed by atoms with Crippen molar-refractivity contribution in [2.75, 3.05) is 12.3 Å². The van der Waals surface area contributed by atoms with Crippen LogP contribution in [0.4, 0.5) is 5.82 Å². The Hall–Kier alpha value is -1.60. The highest BCUT2D eigenvalue weighted by Gasteiger charge is 2.06. The first kappa shape index (κ1) is 12.8. The minimum atomic E-state index is 0.377. The Morgan fingerprint density at radius 3 is 2.94 bits per heavy atom. The Morgan fingerprint density at radius 2 is 2.28 bits per heavy atom. The number of ether oxygens (including phenoxy) is 1. The molecular weight excluding hydrogens is 250 g/mol. The maximum Gasteiger partial charge on any atom is 0.157 e. The molecule has 2 heterocycles. The average Bonchev–Trinajstić information content (AvgIpc) is 2.71. The van der Waals surface area contributed by atoms with Crippen molar-refractivity contribution in [3.63, 3.8) is 0 Å². The van der Waals surface area contributed by atoms with Crippen molar-refractivity contribution in [2.24, 2.45) is 7.05 Å². The second-order valence-corrected chi connectivity index (χ2v) is 4.73. The lowest BCUT2D eigenvalue weighted by Crippen LogP contribution is -2.03. The van der Waals surface area contributed by atoms with E-state index in [2.05, 4.69) is 15.1 Å². The summed E-state index contributed by atoms with van der Waals surface area (Å²) in [6, 6.07) is 1.74. The molecule has 0 spiro atoms. The van der Waals surface area contributed by atoms with Gasteiger partial charge in [-0.05, 0) is 6.92 Å². The Bertz CT molecular complexity index is 528. The van der Waals surface area contributed by atoms with Crippen molar-refractivity contribution >= 4 is 17.6 Å². The summed E-state index contributed by atoms with van der Waals surface area (Å²) in [5.74, 6) is 1.05. The Kier molecular flexibility index (Phi) is 4.16. The zero-order valence-corrected chi connectivity index (χ0v) is 11.1. The number of nitrogen functional groups attached to an aromatic ring is 1. The third-order valence-corrected chi connectivity index (χ3v) is 2.97. The molecule has 6 nitrogen and oxygen atoms in total. The molecule has 96 valence electrons. The van der Waals surface area contributed by atoms with Crippen LogP contribution in [0, 0.1) is 0 Å². The van der Waals surface area contributed by atoms with Crippen molar-refractivity contribution in [1.82, 2.24) is 19.7 Å². The molecule has 0 saturated carbocycles. The molecule has 7 heteroatoms. The molecule has 0 aliphatic heterocycles. The van der Waals surface area contributed by atoms with Gasteiger partial charge in [0.2, 0.25) is 0 Å². The first-order chi connectivity index (χ1) is 8.67. The summed E-state index contributed by atoms with van der Waals surface area (Å²) < 4.78 is 7.02. The number of hydrogen-bond acceptors (Lipinski definition) is 6. The molecule has 2 N–H and O–H groups in total. The summed E-state index contributed by atoms with van der Waals surface area (Å²) >= 11 is 1.50. The van der Waals surface area contributed by atoms with E-state index in [0.29, 0.717) is 24.9 Å². The van der Waals surface area contributed by atoms with Crippen LogP contribution < -0.4 is 5.73 Å². The first-order valence-electron chi connectivity index (χ1n) is 5.55. The van der Waals surface area contributed by atoms with E-state index in [4.69, 9.17) is 10.5 Å². The van der Waals surface area contributed by atoms with E-state index in [1.54, 1.807) is 16.9 Å². The summed E-state index contributed by atoms with van der Waals surface area (Å²) in [7, 11) is 1.87. The fourth-order valence-corrected chi connectivity index (χ4v) is 2.25. The predicted molar refractivity (Wildman–Crippen MR) is 69.1 cm³/mol. The number of nitrogens with zero attached hydrogens (tertiary/aromatic N) is 4. The summed E-state index contributed by atoms with van der Waals surface area (Å²) in [5.41, 5.74) is 5.75. The van der Waals surface area contributed by atoms with Gasteiger partial charge in [0.25, 0.3) is 0 Å². The molecule has 0 radical (unpaired) electrons. The predicted octanol–water partition coefficient (Wildman–Crippen LogP) is 1.48. The van der Waals surface area contributed by atoms with Gasteiger partial charge in [0, 0.05) is 25.9 Å². The minimum Gasteiger partial charge on any atom is -0.384 e. The molecule has 2 rings (SSSR count). The van der Waals surface area contributed by atoms with Gasteiger partial charge in [0.15, 0.2) is 5.82 Å². The largest absolute Gasteiger partial charge is 0.384 e. The number of hydrogen-bond donors (Lipinski definition) is 1. The molecule has 0 saturated heterocycles. The van der Waals surface area contributed by atoms with Gasteiger partial charge < -0.3 is 10.5 Å². The van der Waals surface area contributed by atoms with E-state index in [1.807, 2.05) is 20.2 Å². The minimum absolute atomic E-state index is 0.377. The number of nitrogens with two attached hydrogens (primary N) is 1. The topological polar surface area (TPSA) is 78.9 Å². The third kappa shape index (κ3) is 3.44. The second kappa shape index (κ2) is 5.83. The Morgan fingerprint density at radius 1 is 1.44 bits per heavy atom. The van der Waals surface area contributed by atoms with E-state index in [1.165, 1.54) is 11.8 Å². The average molecular weight is 265 g/mol. The number of rotatable bonds is 5. The second-order valence-electron chi connectivity index (χ2n) is 3.64. The van der Waals surface area contributed by atoms with Crippen LogP contribution in [-0.2, 0) is 18.4 Å². The molecule has 0 aliphatic rings. The van der Waals surface area contributed by atoms with Gasteiger partial charge in [-0.25, -0.2) is 9.97 Å². The van der Waals surface area contributed by atoms with Crippen LogP contribution in [0.2, 0.25) is 0 Å². The molecule has 0 aromatic carbocycles. The molecule has 2 aromatic heterocycles. The van der Waals surface area contributed by atoms with Crippen LogP contribution in [0.1, 0.15) is 12.7 Å². The normalized spacial score (nSPS) is 10.8. The summed E-state index contributed by atoms with van der Waals surface area (Å²) in [4.78, 5) is 9.52. The summed E-state index contributed by atoms with van der Waals surface area (Å²) in [6.45, 7) is 2.93. The molecule has 0 bridgehead atoms. The van der Waals surface area contributed by atoms with Crippen molar-refractivity contribution < 1.29 is 4.74 Å². The molecular formula is C11H15N5OS. The zero-order chi connectivity index (χ0) is 13.0. The van der Waals surface area contributed by atoms with Gasteiger partial charge in [-0.15, -0.1) is 0 Å². The molecule has 0 amide bonds. The number of aromatic nitrogens is 4. The van der Waals surface area contributed by atoms with E-state index in [0.717, 1.165) is 9.92 Å². The monoisotopic (exact) mass is 265 g/mol. The summed E-state index contributed by atoms with van der Waals surface area (Å²) in [5, 5.41) is 4.90. The molecule has 2 aromatic rings. The van der Waals surface area contributed by atoms with Gasteiger partial charge in [0.1, 0.15) is 17.5 Å². The maximum absolute atomic E-state index is 5.75. The van der Waals surface area contributed by atoms with E-state index in [-0.39, 0.29) is 0 Å². The Labute approximate surface area is 110 Å². The molecule has 18 heavy (non-hydrogen) atoms. The zero-order valence-electron chi connectivity index (χ0n) is 10.3. The van der Waals surface area contributed by atoms with Crippen LogP contribution >= 0.6 is 11.8 Å². The van der Waals surface area contributed by atoms with Crippen molar-refractivity contribution in [3.8, 4) is 0 Å². The Balaban J connectivity index is 2.14. The van der Waals surface area contributed by atoms with Gasteiger partial charge in [0.05, 0.1) is 11.1 Å². The number of anilines is 1. The van der Waals surface area contributed by atoms with E-state index >= 15 is 0 Å². The van der Waals surface area contributed by atoms with Crippen LogP contribution in [0.15, 0.2) is 28.4 Å². The maximum atomic E-state index is 5.75. The highest BCUT2D eigenvalue weighted by molar-refractivity contribution is 7.99. The SMILES string of the molecule is CCOCc1nc(N)cc(Sc2cnn(C)c2)n1. The fraction of sp³-hybridized carbons (Fsp3) is 0.364. The lowest BCUT2D eigenvalue weighted by atomic mass is 10.5. The molecule has 0 aliphatic carbocycles. The fourth-order valence-electron chi connectivity index (χ4n) is 1.37. The lowest BCUT2D eigenvalue weighted by Gasteiger charge is -2.04. The van der Waals surface area contributed by atoms with Crippen molar-refractivity contribution in [3.05, 3.63) is 24.3 Å². The van der Waals surface area contributed by atoms with Crippen LogP contribution in [0.5, 0.6) is 0 Å². The van der Waals surface area contributed by atoms with Gasteiger partial charge in [-0.1, -0.05) is 11.8 Å². The van der Waals surface area contributed by atoms with Crippen LogP contribution in [0.25, 0.3) is 0 Å². The highest BCUT2D eigenvalue weighted by atomic mass is 32.2. The standard InChI is InChI=1S/C11H15N5OS/c1-3-17-7-10-14-9(12)4-11(15-10)18-8-5-13-16(2)6-8/h4-6H,3,7H2,1-2H3,(H2,12,14,15). The van der Waals surface area contributed by atoms with Gasteiger partial charge in [-0.3, -0.25) is 4.68 Å². The van der Waals surface area contributed by atoms with Crippen molar-refractivity contribution in [1.29, 1.82) is 0 Å². The first-order valence-corrected chi connectivity index (χ1v) is 6.36. The van der Waals surface area contributed by atoms with Crippen molar-refractivity contribution in [2.45, 2.75) is 23.5 Å². The molecule has 0 atom stereocenters. The number of aryl methyl sites for hydroxylation is 1. The quantitative estimate of drug-likeness (QED) is 0.825. The van der Waals surface area contributed by atoms with E-state index in [9.17, 15) is 0 Å². The molecule has 0 unspecified atom stereocenters. The highest BCUT2D eigenvalue weighted by Crippen LogP contribution is 2.26. The molecule has 0 fully saturated rings. The lowest BCUT2D eigenvalue weighted by molar-refractivity contribution is 0.128. The van der Waals surface area contributed by atoms with Gasteiger partial charge >= 0.3 is 0 Å². The van der Waals surface area contributed by atoms with Crippen LogP contribution in [0.3, 0.4) is 0 Å².